The number of rotatable bonds is 3. The fraction of sp³-hybridized carbons (Fsp3) is 0.308. The zero-order chi connectivity index (χ0) is 14.9. The molecule has 2 rings (SSSR count). The first kappa shape index (κ1) is 14.0. The third kappa shape index (κ3) is 2.62. The van der Waals surface area contributed by atoms with Gasteiger partial charge in [-0.1, -0.05) is 6.07 Å². The molecule has 1 aromatic rings. The van der Waals surface area contributed by atoms with Crippen molar-refractivity contribution in [2.75, 3.05) is 6.54 Å². The van der Waals surface area contributed by atoms with Crippen LogP contribution in [-0.2, 0) is 4.79 Å². The van der Waals surface area contributed by atoms with Crippen molar-refractivity contribution in [3.63, 3.8) is 0 Å². The number of amides is 2. The molecule has 0 bridgehead atoms. The van der Waals surface area contributed by atoms with E-state index in [1.54, 1.807) is 0 Å². The van der Waals surface area contributed by atoms with E-state index in [0.717, 1.165) is 4.90 Å². The van der Waals surface area contributed by atoms with Crippen molar-refractivity contribution in [2.45, 2.75) is 18.6 Å². The van der Waals surface area contributed by atoms with Gasteiger partial charge in [-0.2, -0.15) is 0 Å². The van der Waals surface area contributed by atoms with Gasteiger partial charge in [-0.25, -0.2) is 4.79 Å². The Balaban J connectivity index is 2.28. The number of likely N-dealkylation sites (tertiary alicyclic amines) is 1. The predicted octanol–water partition coefficient (Wildman–Crippen LogP) is -0.554. The number of nitrogens with two attached hydrogens (primary N) is 1. The highest BCUT2D eigenvalue weighted by Crippen LogP contribution is 2.21. The molecular weight excluding hydrogens is 264 g/mol. The molecule has 1 saturated heterocycles. The number of hydrogen-bond acceptors (Lipinski definition) is 4. The van der Waals surface area contributed by atoms with E-state index in [4.69, 9.17) is 10.8 Å². The summed E-state index contributed by atoms with van der Waals surface area (Å²) in [4.78, 5) is 35.5. The van der Waals surface area contributed by atoms with Crippen LogP contribution in [0.1, 0.15) is 27.1 Å². The van der Waals surface area contributed by atoms with Crippen molar-refractivity contribution in [1.82, 2.24) is 4.90 Å². The third-order valence-electron chi connectivity index (χ3n) is 3.22. The first-order valence-electron chi connectivity index (χ1n) is 6.02. The molecule has 0 aliphatic carbocycles. The minimum atomic E-state index is -1.17. The van der Waals surface area contributed by atoms with Crippen molar-refractivity contribution < 1.29 is 24.6 Å². The minimum Gasteiger partial charge on any atom is -0.480 e. The highest BCUT2D eigenvalue weighted by Gasteiger charge is 2.39. The van der Waals surface area contributed by atoms with Crippen LogP contribution in [0.4, 0.5) is 0 Å². The van der Waals surface area contributed by atoms with E-state index in [1.165, 1.54) is 24.3 Å². The molecule has 2 unspecified atom stereocenters. The smallest absolute Gasteiger partial charge is 0.326 e. The minimum absolute atomic E-state index is 0.00339. The second kappa shape index (κ2) is 5.30. The van der Waals surface area contributed by atoms with E-state index >= 15 is 0 Å². The molecular formula is C13H14N2O5. The van der Waals surface area contributed by atoms with E-state index in [0.29, 0.717) is 0 Å². The quantitative estimate of drug-likeness (QED) is 0.684. The average molecular weight is 278 g/mol. The molecule has 1 aliphatic heterocycles. The lowest BCUT2D eigenvalue weighted by molar-refractivity contribution is -0.141. The van der Waals surface area contributed by atoms with Crippen molar-refractivity contribution in [3.8, 4) is 0 Å². The standard InChI is InChI=1S/C13H14N2O5/c14-11(17)7-2-1-3-8(4-7)12(18)15-6-9(16)5-10(15)13(19)20/h1-4,9-10,16H,5-6H2,(H2,14,17)(H,19,20). The Labute approximate surface area is 114 Å². The van der Waals surface area contributed by atoms with Gasteiger partial charge in [-0.15, -0.1) is 0 Å². The van der Waals surface area contributed by atoms with Crippen LogP contribution in [0.15, 0.2) is 24.3 Å². The molecule has 0 aromatic heterocycles. The van der Waals surface area contributed by atoms with E-state index in [1.807, 2.05) is 0 Å². The van der Waals surface area contributed by atoms with Crippen LogP contribution in [-0.4, -0.2) is 51.6 Å². The molecule has 7 heteroatoms. The van der Waals surface area contributed by atoms with Crippen LogP contribution in [0.3, 0.4) is 0 Å². The van der Waals surface area contributed by atoms with Gasteiger partial charge in [0.2, 0.25) is 5.91 Å². The van der Waals surface area contributed by atoms with Gasteiger partial charge in [0.15, 0.2) is 0 Å². The Morgan fingerprint density at radius 2 is 1.90 bits per heavy atom. The van der Waals surface area contributed by atoms with E-state index in [9.17, 15) is 19.5 Å². The summed E-state index contributed by atoms with van der Waals surface area (Å²) in [6.45, 7) is -0.0450. The maximum absolute atomic E-state index is 12.3. The van der Waals surface area contributed by atoms with Gasteiger partial charge in [0.05, 0.1) is 6.10 Å². The zero-order valence-corrected chi connectivity index (χ0v) is 10.5. The molecule has 0 radical (unpaired) electrons. The number of primary amides is 1. The molecule has 1 heterocycles. The van der Waals surface area contributed by atoms with Gasteiger partial charge in [0.25, 0.3) is 5.91 Å². The van der Waals surface area contributed by atoms with Crippen LogP contribution in [0.2, 0.25) is 0 Å². The fourth-order valence-electron chi connectivity index (χ4n) is 2.24. The maximum atomic E-state index is 12.3. The average Bonchev–Trinajstić information content (AvgIpc) is 2.80. The summed E-state index contributed by atoms with van der Waals surface area (Å²) in [5.41, 5.74) is 5.47. The van der Waals surface area contributed by atoms with Gasteiger partial charge in [-0.05, 0) is 18.2 Å². The number of carbonyl (C=O) groups excluding carboxylic acids is 2. The molecule has 0 spiro atoms. The summed E-state index contributed by atoms with van der Waals surface area (Å²) in [6.07, 6.45) is -0.865. The van der Waals surface area contributed by atoms with Crippen molar-refractivity contribution >= 4 is 17.8 Å². The summed E-state index contributed by atoms with van der Waals surface area (Å²) in [5.74, 6) is -2.38. The second-order valence-corrected chi connectivity index (χ2v) is 4.65. The van der Waals surface area contributed by atoms with E-state index < -0.39 is 29.9 Å². The van der Waals surface area contributed by atoms with Gasteiger partial charge in [0.1, 0.15) is 6.04 Å². The Morgan fingerprint density at radius 3 is 2.50 bits per heavy atom. The monoisotopic (exact) mass is 278 g/mol. The number of nitrogens with zero attached hydrogens (tertiary/aromatic N) is 1. The number of aliphatic hydroxyl groups is 1. The SMILES string of the molecule is NC(=O)c1cccc(C(=O)N2CC(O)CC2C(=O)O)c1. The highest BCUT2D eigenvalue weighted by molar-refractivity contribution is 6.00. The Morgan fingerprint density at radius 1 is 1.25 bits per heavy atom. The van der Waals surface area contributed by atoms with Crippen LogP contribution in [0.5, 0.6) is 0 Å². The number of carbonyl (C=O) groups is 3. The number of aliphatic hydroxyl groups excluding tert-OH is 1. The van der Waals surface area contributed by atoms with Crippen LogP contribution < -0.4 is 5.73 Å². The molecule has 1 aliphatic rings. The van der Waals surface area contributed by atoms with Crippen LogP contribution in [0.25, 0.3) is 0 Å². The zero-order valence-electron chi connectivity index (χ0n) is 10.5. The maximum Gasteiger partial charge on any atom is 0.326 e. The van der Waals surface area contributed by atoms with Gasteiger partial charge < -0.3 is 20.8 Å². The molecule has 7 nitrogen and oxygen atoms in total. The lowest BCUT2D eigenvalue weighted by atomic mass is 10.1. The van der Waals surface area contributed by atoms with Crippen molar-refractivity contribution in [2.24, 2.45) is 5.73 Å². The Hall–Kier alpha value is -2.41. The first-order valence-corrected chi connectivity index (χ1v) is 6.02. The Bertz CT molecular complexity index is 572. The highest BCUT2D eigenvalue weighted by atomic mass is 16.4. The lowest BCUT2D eigenvalue weighted by Crippen LogP contribution is -2.40. The molecule has 1 aromatic carbocycles. The summed E-state index contributed by atoms with van der Waals surface area (Å²) < 4.78 is 0. The molecule has 2 atom stereocenters. The molecule has 0 saturated carbocycles. The summed E-state index contributed by atoms with van der Waals surface area (Å²) in [5, 5.41) is 18.6. The number of aliphatic carboxylic acids is 1. The topological polar surface area (TPSA) is 121 Å². The lowest BCUT2D eigenvalue weighted by Gasteiger charge is -2.21. The first-order chi connectivity index (χ1) is 9.40. The predicted molar refractivity (Wildman–Crippen MR) is 68.0 cm³/mol. The number of β-amino-alcohol motifs (C(OH)–C–C–N with tert-alkyl or cyclic N) is 1. The number of hydrogen-bond donors (Lipinski definition) is 3. The van der Waals surface area contributed by atoms with Gasteiger partial charge >= 0.3 is 5.97 Å². The number of carboxylic acid groups (broad SMARTS) is 1. The third-order valence-corrected chi connectivity index (χ3v) is 3.22. The van der Waals surface area contributed by atoms with Crippen molar-refractivity contribution in [1.29, 1.82) is 0 Å². The molecule has 106 valence electrons. The van der Waals surface area contributed by atoms with Crippen molar-refractivity contribution in [3.05, 3.63) is 35.4 Å². The normalized spacial score (nSPS) is 21.8. The largest absolute Gasteiger partial charge is 0.480 e. The number of carboxylic acids is 1. The molecule has 4 N–H and O–H groups in total. The summed E-state index contributed by atoms with van der Waals surface area (Å²) in [6, 6.07) is 4.68. The van der Waals surface area contributed by atoms with Gasteiger partial charge in [0, 0.05) is 24.1 Å². The van der Waals surface area contributed by atoms with Gasteiger partial charge in [-0.3, -0.25) is 9.59 Å². The molecule has 20 heavy (non-hydrogen) atoms. The summed E-state index contributed by atoms with van der Waals surface area (Å²) >= 11 is 0. The van der Waals surface area contributed by atoms with E-state index in [2.05, 4.69) is 0 Å². The second-order valence-electron chi connectivity index (χ2n) is 4.65. The fourth-order valence-corrected chi connectivity index (χ4v) is 2.24. The van der Waals surface area contributed by atoms with Crippen LogP contribution in [0, 0.1) is 0 Å². The Kier molecular flexibility index (Phi) is 3.71. The summed E-state index contributed by atoms with van der Waals surface area (Å²) in [7, 11) is 0. The number of benzene rings is 1. The molecule has 2 amide bonds. The van der Waals surface area contributed by atoms with E-state index in [-0.39, 0.29) is 24.1 Å². The van der Waals surface area contributed by atoms with Crippen LogP contribution >= 0.6 is 0 Å². The molecule has 1 fully saturated rings.